The molecule has 0 bridgehead atoms. The van der Waals surface area contributed by atoms with Crippen molar-refractivity contribution in [2.24, 2.45) is 11.7 Å². The Balaban J connectivity index is 1.87. The molecular weight excluding hydrogens is 262 g/mol. The maximum Gasteiger partial charge on any atom is 0.227 e. The van der Waals surface area contributed by atoms with Crippen molar-refractivity contribution in [3.8, 4) is 0 Å². The first kappa shape index (κ1) is 16.0. The van der Waals surface area contributed by atoms with E-state index in [9.17, 15) is 4.79 Å². The molecule has 2 N–H and O–H groups in total. The average molecular weight is 289 g/mol. The van der Waals surface area contributed by atoms with Crippen molar-refractivity contribution in [3.63, 3.8) is 0 Å². The highest BCUT2D eigenvalue weighted by molar-refractivity contribution is 5.79. The summed E-state index contributed by atoms with van der Waals surface area (Å²) in [5.74, 6) is 0.958. The molecule has 1 aliphatic heterocycles. The van der Waals surface area contributed by atoms with Gasteiger partial charge in [-0.05, 0) is 44.0 Å². The fraction of sp³-hybridized carbons (Fsp3) is 0.588. The van der Waals surface area contributed by atoms with Gasteiger partial charge < -0.3 is 15.5 Å². The van der Waals surface area contributed by atoms with Crippen LogP contribution in [0.4, 0.5) is 0 Å². The van der Waals surface area contributed by atoms with Crippen molar-refractivity contribution in [1.29, 1.82) is 0 Å². The third kappa shape index (κ3) is 4.55. The molecule has 1 heterocycles. The van der Waals surface area contributed by atoms with Crippen LogP contribution in [0.25, 0.3) is 0 Å². The number of nitrogens with zero attached hydrogens (tertiary/aromatic N) is 2. The van der Waals surface area contributed by atoms with Gasteiger partial charge in [-0.3, -0.25) is 4.79 Å². The van der Waals surface area contributed by atoms with Gasteiger partial charge in [0.25, 0.3) is 0 Å². The van der Waals surface area contributed by atoms with Crippen LogP contribution in [0.1, 0.15) is 24.0 Å². The average Bonchev–Trinajstić information content (AvgIpc) is 2.48. The Morgan fingerprint density at radius 1 is 1.24 bits per heavy atom. The van der Waals surface area contributed by atoms with Crippen LogP contribution in [-0.2, 0) is 17.8 Å². The molecule has 0 aliphatic carbocycles. The minimum atomic E-state index is 0.235. The molecule has 1 amide bonds. The molecule has 4 nitrogen and oxygen atoms in total. The summed E-state index contributed by atoms with van der Waals surface area (Å²) in [5, 5.41) is 0. The van der Waals surface area contributed by atoms with Gasteiger partial charge in [-0.2, -0.15) is 0 Å². The quantitative estimate of drug-likeness (QED) is 0.893. The molecule has 1 aliphatic rings. The van der Waals surface area contributed by atoms with Crippen molar-refractivity contribution >= 4 is 5.91 Å². The predicted molar refractivity (Wildman–Crippen MR) is 85.9 cm³/mol. The SMILES string of the molecule is CN(C)CC1CCN(C(=O)Cc2ccccc2CN)CC1. The number of piperidine rings is 1. The monoisotopic (exact) mass is 289 g/mol. The summed E-state index contributed by atoms with van der Waals surface area (Å²) in [6.45, 7) is 3.40. The highest BCUT2D eigenvalue weighted by Crippen LogP contribution is 2.19. The van der Waals surface area contributed by atoms with Crippen LogP contribution >= 0.6 is 0 Å². The zero-order valence-electron chi connectivity index (χ0n) is 13.2. The second kappa shape index (κ2) is 7.57. The summed E-state index contributed by atoms with van der Waals surface area (Å²) < 4.78 is 0. The summed E-state index contributed by atoms with van der Waals surface area (Å²) in [7, 11) is 4.22. The molecule has 1 aromatic carbocycles. The van der Waals surface area contributed by atoms with Crippen molar-refractivity contribution in [3.05, 3.63) is 35.4 Å². The zero-order chi connectivity index (χ0) is 15.2. The third-order valence-electron chi connectivity index (χ3n) is 4.27. The van der Waals surface area contributed by atoms with E-state index < -0.39 is 0 Å². The molecule has 0 atom stereocenters. The lowest BCUT2D eigenvalue weighted by Crippen LogP contribution is -2.41. The molecule has 1 saturated heterocycles. The van der Waals surface area contributed by atoms with E-state index in [1.54, 1.807) is 0 Å². The number of carbonyl (C=O) groups is 1. The lowest BCUT2D eigenvalue weighted by atomic mass is 9.95. The Morgan fingerprint density at radius 3 is 2.43 bits per heavy atom. The van der Waals surface area contributed by atoms with Gasteiger partial charge in [0.1, 0.15) is 0 Å². The van der Waals surface area contributed by atoms with Gasteiger partial charge in [0, 0.05) is 26.2 Å². The largest absolute Gasteiger partial charge is 0.342 e. The third-order valence-corrected chi connectivity index (χ3v) is 4.27. The van der Waals surface area contributed by atoms with Crippen LogP contribution in [0.15, 0.2) is 24.3 Å². The Morgan fingerprint density at radius 2 is 1.86 bits per heavy atom. The lowest BCUT2D eigenvalue weighted by Gasteiger charge is -2.33. The molecule has 21 heavy (non-hydrogen) atoms. The number of carbonyl (C=O) groups excluding carboxylic acids is 1. The Bertz CT molecular complexity index is 465. The van der Waals surface area contributed by atoms with Crippen LogP contribution < -0.4 is 5.73 Å². The van der Waals surface area contributed by atoms with Crippen LogP contribution in [-0.4, -0.2) is 49.4 Å². The summed E-state index contributed by atoms with van der Waals surface area (Å²) in [4.78, 5) is 16.7. The van der Waals surface area contributed by atoms with E-state index in [0.717, 1.165) is 49.5 Å². The lowest BCUT2D eigenvalue weighted by molar-refractivity contribution is -0.131. The topological polar surface area (TPSA) is 49.6 Å². The number of amides is 1. The predicted octanol–water partition coefficient (Wildman–Crippen LogP) is 1.49. The fourth-order valence-electron chi connectivity index (χ4n) is 3.09. The molecule has 0 aromatic heterocycles. The molecule has 4 heteroatoms. The van der Waals surface area contributed by atoms with Crippen LogP contribution in [0.5, 0.6) is 0 Å². The summed E-state index contributed by atoms with van der Waals surface area (Å²) in [6.07, 6.45) is 2.70. The molecule has 0 unspecified atom stereocenters. The van der Waals surface area contributed by atoms with E-state index in [1.165, 1.54) is 0 Å². The van der Waals surface area contributed by atoms with E-state index in [-0.39, 0.29) is 5.91 Å². The highest BCUT2D eigenvalue weighted by Gasteiger charge is 2.23. The van der Waals surface area contributed by atoms with Gasteiger partial charge in [0.15, 0.2) is 0 Å². The van der Waals surface area contributed by atoms with E-state index in [4.69, 9.17) is 5.73 Å². The molecule has 1 aromatic rings. The van der Waals surface area contributed by atoms with Gasteiger partial charge in [-0.1, -0.05) is 24.3 Å². The van der Waals surface area contributed by atoms with Gasteiger partial charge in [0.2, 0.25) is 5.91 Å². The maximum absolute atomic E-state index is 12.4. The Labute approximate surface area is 127 Å². The second-order valence-electron chi connectivity index (χ2n) is 6.24. The van der Waals surface area contributed by atoms with Crippen LogP contribution in [0, 0.1) is 5.92 Å². The number of nitrogens with two attached hydrogens (primary N) is 1. The Hall–Kier alpha value is -1.39. The number of hydrogen-bond donors (Lipinski definition) is 1. The zero-order valence-corrected chi connectivity index (χ0v) is 13.2. The van der Waals surface area contributed by atoms with Crippen LogP contribution in [0.3, 0.4) is 0 Å². The number of rotatable bonds is 5. The van der Waals surface area contributed by atoms with Gasteiger partial charge in [-0.25, -0.2) is 0 Å². The molecule has 116 valence electrons. The highest BCUT2D eigenvalue weighted by atomic mass is 16.2. The van der Waals surface area contributed by atoms with Gasteiger partial charge in [0.05, 0.1) is 6.42 Å². The number of likely N-dealkylation sites (tertiary alicyclic amines) is 1. The van der Waals surface area contributed by atoms with Gasteiger partial charge >= 0.3 is 0 Å². The van der Waals surface area contributed by atoms with Crippen molar-refractivity contribution in [2.45, 2.75) is 25.8 Å². The van der Waals surface area contributed by atoms with Crippen molar-refractivity contribution < 1.29 is 4.79 Å². The number of hydrogen-bond acceptors (Lipinski definition) is 3. The second-order valence-corrected chi connectivity index (χ2v) is 6.24. The van der Waals surface area contributed by atoms with E-state index >= 15 is 0 Å². The van der Waals surface area contributed by atoms with Crippen molar-refractivity contribution in [2.75, 3.05) is 33.7 Å². The molecule has 1 fully saturated rings. The fourth-order valence-corrected chi connectivity index (χ4v) is 3.09. The van der Waals surface area contributed by atoms with Gasteiger partial charge in [-0.15, -0.1) is 0 Å². The Kier molecular flexibility index (Phi) is 5.76. The maximum atomic E-state index is 12.4. The summed E-state index contributed by atoms with van der Waals surface area (Å²) in [5.41, 5.74) is 7.89. The first-order valence-electron chi connectivity index (χ1n) is 7.79. The normalized spacial score (nSPS) is 16.5. The minimum Gasteiger partial charge on any atom is -0.342 e. The molecule has 0 spiro atoms. The minimum absolute atomic E-state index is 0.235. The molecule has 0 saturated carbocycles. The van der Waals surface area contributed by atoms with E-state index in [2.05, 4.69) is 19.0 Å². The van der Waals surface area contributed by atoms with E-state index in [0.29, 0.717) is 13.0 Å². The van der Waals surface area contributed by atoms with Crippen molar-refractivity contribution in [1.82, 2.24) is 9.80 Å². The number of benzene rings is 1. The van der Waals surface area contributed by atoms with E-state index in [1.807, 2.05) is 29.2 Å². The smallest absolute Gasteiger partial charge is 0.227 e. The first-order chi connectivity index (χ1) is 10.1. The molecule has 2 rings (SSSR count). The summed E-state index contributed by atoms with van der Waals surface area (Å²) in [6, 6.07) is 7.97. The van der Waals surface area contributed by atoms with Crippen LogP contribution in [0.2, 0.25) is 0 Å². The summed E-state index contributed by atoms with van der Waals surface area (Å²) >= 11 is 0. The standard InChI is InChI=1S/C17H27N3O/c1-19(2)13-14-7-9-20(10-8-14)17(21)11-15-5-3-4-6-16(15)12-18/h3-6,14H,7-13,18H2,1-2H3. The molecular formula is C17H27N3O. The molecule has 0 radical (unpaired) electrons. The first-order valence-corrected chi connectivity index (χ1v) is 7.79.